The zero-order chi connectivity index (χ0) is 10.8. The minimum Gasteiger partial charge on any atom is -0.391 e. The van der Waals surface area contributed by atoms with Crippen molar-refractivity contribution in [3.63, 3.8) is 0 Å². The number of nitrogens with zero attached hydrogens (tertiary/aromatic N) is 3. The Labute approximate surface area is 88.3 Å². The Hall–Kier alpha value is -1.36. The number of carbonyl (C=O) groups excluding carboxylic acids is 1. The van der Waals surface area contributed by atoms with E-state index in [1.54, 1.807) is 29.0 Å². The Bertz CT molecular complexity index is 361. The third kappa shape index (κ3) is 2.18. The molecular weight excluding hydrogens is 194 g/mol. The molecule has 1 atom stereocenters. The molecule has 1 aliphatic rings. The number of likely N-dealkylation sites (tertiary alicyclic amines) is 1. The molecule has 0 radical (unpaired) electrons. The summed E-state index contributed by atoms with van der Waals surface area (Å²) in [6.45, 7) is 1.17. The number of amides is 1. The maximum Gasteiger partial charge on any atom is 0.257 e. The van der Waals surface area contributed by atoms with Gasteiger partial charge in [0.15, 0.2) is 0 Å². The summed E-state index contributed by atoms with van der Waals surface area (Å²) in [5.41, 5.74) is 0.589. The Balaban J connectivity index is 2.07. The summed E-state index contributed by atoms with van der Waals surface area (Å²) in [7, 11) is 1.78. The molecule has 0 aromatic carbocycles. The second-order valence-corrected chi connectivity index (χ2v) is 3.95. The first-order valence-electron chi connectivity index (χ1n) is 5.13. The first-order valence-corrected chi connectivity index (χ1v) is 5.13. The number of hydrogen-bond acceptors (Lipinski definition) is 3. The molecule has 1 aromatic heterocycles. The van der Waals surface area contributed by atoms with E-state index in [1.165, 1.54) is 0 Å². The molecule has 0 bridgehead atoms. The molecule has 1 fully saturated rings. The fraction of sp³-hybridized carbons (Fsp3) is 0.600. The van der Waals surface area contributed by atoms with Crippen molar-refractivity contribution in [3.8, 4) is 0 Å². The predicted octanol–water partition coefficient (Wildman–Crippen LogP) is 0.0170. The maximum atomic E-state index is 11.9. The van der Waals surface area contributed by atoms with E-state index >= 15 is 0 Å². The molecule has 2 rings (SSSR count). The van der Waals surface area contributed by atoms with Crippen molar-refractivity contribution in [2.45, 2.75) is 18.9 Å². The third-order valence-corrected chi connectivity index (χ3v) is 2.64. The van der Waals surface area contributed by atoms with Crippen molar-refractivity contribution >= 4 is 5.91 Å². The van der Waals surface area contributed by atoms with Crippen LogP contribution < -0.4 is 0 Å². The van der Waals surface area contributed by atoms with Gasteiger partial charge in [-0.05, 0) is 12.8 Å². The summed E-state index contributed by atoms with van der Waals surface area (Å²) >= 11 is 0. The Morgan fingerprint density at radius 3 is 3.07 bits per heavy atom. The average Bonchev–Trinajstić information content (AvgIpc) is 2.64. The van der Waals surface area contributed by atoms with Gasteiger partial charge >= 0.3 is 0 Å². The van der Waals surface area contributed by atoms with Gasteiger partial charge in [0, 0.05) is 26.3 Å². The molecule has 1 aliphatic heterocycles. The van der Waals surface area contributed by atoms with Gasteiger partial charge in [-0.15, -0.1) is 0 Å². The number of rotatable bonds is 1. The molecule has 1 N–H and O–H groups in total. The number of hydrogen-bond donors (Lipinski definition) is 1. The minimum atomic E-state index is -0.376. The third-order valence-electron chi connectivity index (χ3n) is 2.64. The molecule has 5 heteroatoms. The molecule has 2 heterocycles. The standard InChI is InChI=1S/C10H15N3O2/c1-12-6-8(5-11-12)10(15)13-4-2-3-9(14)7-13/h5-6,9,14H,2-4,7H2,1H3/t9-/m0/s1. The van der Waals surface area contributed by atoms with Crippen LogP contribution in [0, 0.1) is 0 Å². The summed E-state index contributed by atoms with van der Waals surface area (Å²) in [5, 5.41) is 13.4. The zero-order valence-corrected chi connectivity index (χ0v) is 8.76. The largest absolute Gasteiger partial charge is 0.391 e. The van der Waals surface area contributed by atoms with Gasteiger partial charge in [0.25, 0.3) is 5.91 Å². The summed E-state index contributed by atoms with van der Waals surface area (Å²) in [5.74, 6) is -0.0400. The van der Waals surface area contributed by atoms with Crippen molar-refractivity contribution < 1.29 is 9.90 Å². The lowest BCUT2D eigenvalue weighted by atomic mass is 10.1. The van der Waals surface area contributed by atoms with Crippen LogP contribution in [0.25, 0.3) is 0 Å². The van der Waals surface area contributed by atoms with Crippen molar-refractivity contribution in [1.82, 2.24) is 14.7 Å². The monoisotopic (exact) mass is 209 g/mol. The number of piperidine rings is 1. The molecule has 1 amide bonds. The van der Waals surface area contributed by atoms with Crippen LogP contribution in [0.5, 0.6) is 0 Å². The van der Waals surface area contributed by atoms with E-state index in [0.29, 0.717) is 12.1 Å². The molecule has 0 aliphatic carbocycles. The van der Waals surface area contributed by atoms with Gasteiger partial charge in [0.2, 0.25) is 0 Å². The van der Waals surface area contributed by atoms with Crippen molar-refractivity contribution in [2.75, 3.05) is 13.1 Å². The maximum absolute atomic E-state index is 11.9. The number of aliphatic hydroxyl groups excluding tert-OH is 1. The number of β-amino-alcohol motifs (C(OH)–C–C–N with tert-alkyl or cyclic N) is 1. The number of aliphatic hydroxyl groups is 1. The van der Waals surface area contributed by atoms with E-state index < -0.39 is 0 Å². The molecule has 1 aromatic rings. The molecule has 0 unspecified atom stereocenters. The van der Waals surface area contributed by atoms with Crippen LogP contribution >= 0.6 is 0 Å². The molecule has 0 spiro atoms. The Morgan fingerprint density at radius 2 is 2.47 bits per heavy atom. The fourth-order valence-corrected chi connectivity index (χ4v) is 1.85. The van der Waals surface area contributed by atoms with Crippen LogP contribution in [0.4, 0.5) is 0 Å². The van der Waals surface area contributed by atoms with Crippen molar-refractivity contribution in [2.24, 2.45) is 7.05 Å². The van der Waals surface area contributed by atoms with Gasteiger partial charge in [-0.2, -0.15) is 5.10 Å². The lowest BCUT2D eigenvalue weighted by Gasteiger charge is -2.29. The zero-order valence-electron chi connectivity index (χ0n) is 8.76. The highest BCUT2D eigenvalue weighted by Crippen LogP contribution is 2.13. The number of carbonyl (C=O) groups is 1. The van der Waals surface area contributed by atoms with Gasteiger partial charge in [-0.25, -0.2) is 0 Å². The summed E-state index contributed by atoms with van der Waals surface area (Å²) in [4.78, 5) is 13.6. The van der Waals surface area contributed by atoms with Gasteiger partial charge in [-0.3, -0.25) is 9.48 Å². The van der Waals surface area contributed by atoms with Crippen LogP contribution in [0.1, 0.15) is 23.2 Å². The van der Waals surface area contributed by atoms with Gasteiger partial charge in [-0.1, -0.05) is 0 Å². The van der Waals surface area contributed by atoms with Gasteiger partial charge < -0.3 is 10.0 Å². The van der Waals surface area contributed by atoms with Crippen LogP contribution in [-0.2, 0) is 7.05 Å². The highest BCUT2D eigenvalue weighted by molar-refractivity contribution is 5.93. The fourth-order valence-electron chi connectivity index (χ4n) is 1.85. The van der Waals surface area contributed by atoms with Crippen molar-refractivity contribution in [1.29, 1.82) is 0 Å². The van der Waals surface area contributed by atoms with Gasteiger partial charge in [0.1, 0.15) is 0 Å². The van der Waals surface area contributed by atoms with E-state index in [0.717, 1.165) is 19.4 Å². The lowest BCUT2D eigenvalue weighted by molar-refractivity contribution is 0.0473. The van der Waals surface area contributed by atoms with Gasteiger partial charge in [0.05, 0.1) is 17.9 Å². The molecular formula is C10H15N3O2. The molecule has 0 saturated carbocycles. The summed E-state index contributed by atoms with van der Waals surface area (Å²) in [6.07, 6.45) is 4.54. The van der Waals surface area contributed by atoms with Crippen molar-refractivity contribution in [3.05, 3.63) is 18.0 Å². The Morgan fingerprint density at radius 1 is 1.67 bits per heavy atom. The second-order valence-electron chi connectivity index (χ2n) is 3.95. The molecule has 5 nitrogen and oxygen atoms in total. The van der Waals surface area contributed by atoms with E-state index in [9.17, 15) is 9.90 Å². The highest BCUT2D eigenvalue weighted by Gasteiger charge is 2.23. The summed E-state index contributed by atoms with van der Waals surface area (Å²) in [6, 6.07) is 0. The molecule has 82 valence electrons. The van der Waals surface area contributed by atoms with E-state index in [1.807, 2.05) is 0 Å². The van der Waals surface area contributed by atoms with E-state index in [-0.39, 0.29) is 12.0 Å². The normalized spacial score (nSPS) is 21.7. The first kappa shape index (κ1) is 10.2. The van der Waals surface area contributed by atoms with Crippen LogP contribution in [0.2, 0.25) is 0 Å². The summed E-state index contributed by atoms with van der Waals surface area (Å²) < 4.78 is 1.60. The van der Waals surface area contributed by atoms with Crippen LogP contribution in [0.15, 0.2) is 12.4 Å². The first-order chi connectivity index (χ1) is 7.16. The number of aromatic nitrogens is 2. The SMILES string of the molecule is Cn1cc(C(=O)N2CCC[C@H](O)C2)cn1. The second kappa shape index (κ2) is 4.02. The van der Waals surface area contributed by atoms with E-state index in [4.69, 9.17) is 0 Å². The van der Waals surface area contributed by atoms with Crippen LogP contribution in [0.3, 0.4) is 0 Å². The lowest BCUT2D eigenvalue weighted by Crippen LogP contribution is -2.42. The van der Waals surface area contributed by atoms with Crippen LogP contribution in [-0.4, -0.2) is 44.9 Å². The topological polar surface area (TPSA) is 58.4 Å². The smallest absolute Gasteiger partial charge is 0.257 e. The molecule has 15 heavy (non-hydrogen) atoms. The number of aryl methyl sites for hydroxylation is 1. The minimum absolute atomic E-state index is 0.0400. The highest BCUT2D eigenvalue weighted by atomic mass is 16.3. The van der Waals surface area contributed by atoms with E-state index in [2.05, 4.69) is 5.10 Å². The quantitative estimate of drug-likeness (QED) is 0.709. The molecule has 1 saturated heterocycles. The predicted molar refractivity (Wildman–Crippen MR) is 54.4 cm³/mol. The Kier molecular flexibility index (Phi) is 2.73. The average molecular weight is 209 g/mol.